The minimum atomic E-state index is -3.62. The number of sulfonamides is 1. The number of nitrogens with two attached hydrogens (primary N) is 1. The van der Waals surface area contributed by atoms with Crippen molar-refractivity contribution >= 4 is 59.1 Å². The number of benzene rings is 1. The predicted molar refractivity (Wildman–Crippen MR) is 97.0 cm³/mol. The molecule has 118 valence electrons. The van der Waals surface area contributed by atoms with Crippen molar-refractivity contribution in [3.05, 3.63) is 26.6 Å². The fourth-order valence-corrected chi connectivity index (χ4v) is 5.20. The highest BCUT2D eigenvalue weighted by atomic mass is 79.9. The molecule has 0 amide bonds. The molecule has 1 aromatic carbocycles. The third-order valence-electron chi connectivity index (χ3n) is 2.95. The van der Waals surface area contributed by atoms with Crippen LogP contribution in [0.2, 0.25) is 0 Å². The molecule has 0 spiro atoms. The first-order chi connectivity index (χ1) is 9.57. The standard InChI is InChI=1S/C13H18Br2N2O2S2/c1-8(2)17(5-4-13(16)20)21(18,19)12-7-10(14)9(3)6-11(12)15/h6-8H,4-5H2,1-3H3,(H2,16,20). The summed E-state index contributed by atoms with van der Waals surface area (Å²) in [5.74, 6) is 0. The van der Waals surface area contributed by atoms with Crippen LogP contribution < -0.4 is 5.73 Å². The van der Waals surface area contributed by atoms with Crippen LogP contribution in [0.1, 0.15) is 25.8 Å². The molecule has 1 aromatic rings. The van der Waals surface area contributed by atoms with Crippen LogP contribution in [0.5, 0.6) is 0 Å². The molecule has 0 aliphatic heterocycles. The summed E-state index contributed by atoms with van der Waals surface area (Å²) in [6.45, 7) is 5.83. The van der Waals surface area contributed by atoms with Gasteiger partial charge in [-0.2, -0.15) is 4.31 Å². The van der Waals surface area contributed by atoms with Crippen LogP contribution in [0.15, 0.2) is 26.0 Å². The third kappa shape index (κ3) is 4.72. The Hall–Kier alpha value is -0.0200. The van der Waals surface area contributed by atoms with Crippen molar-refractivity contribution < 1.29 is 8.42 Å². The topological polar surface area (TPSA) is 63.4 Å². The smallest absolute Gasteiger partial charge is 0.244 e. The van der Waals surface area contributed by atoms with E-state index in [0.717, 1.165) is 10.0 Å². The van der Waals surface area contributed by atoms with E-state index in [4.69, 9.17) is 18.0 Å². The first-order valence-corrected chi connectivity index (χ1v) is 9.76. The molecule has 8 heteroatoms. The molecule has 2 N–H and O–H groups in total. The molecule has 0 bridgehead atoms. The second kappa shape index (κ2) is 7.50. The van der Waals surface area contributed by atoms with Crippen molar-refractivity contribution in [3.63, 3.8) is 0 Å². The highest BCUT2D eigenvalue weighted by molar-refractivity contribution is 9.11. The SMILES string of the molecule is Cc1cc(Br)c(S(=O)(=O)N(CCC(N)=S)C(C)C)cc1Br. The van der Waals surface area contributed by atoms with Crippen LogP contribution in [-0.4, -0.2) is 30.3 Å². The van der Waals surface area contributed by atoms with Crippen molar-refractivity contribution in [3.8, 4) is 0 Å². The molecule has 0 heterocycles. The zero-order chi connectivity index (χ0) is 16.4. The average molecular weight is 458 g/mol. The fourth-order valence-electron chi connectivity index (χ4n) is 1.83. The van der Waals surface area contributed by atoms with Gasteiger partial charge in [-0.1, -0.05) is 28.1 Å². The van der Waals surface area contributed by atoms with E-state index in [0.29, 0.717) is 15.9 Å². The second-order valence-corrected chi connectivity index (χ2v) is 9.05. The Bertz CT molecular complexity index is 646. The summed E-state index contributed by atoms with van der Waals surface area (Å²) in [5.41, 5.74) is 6.45. The van der Waals surface area contributed by atoms with E-state index >= 15 is 0 Å². The quantitative estimate of drug-likeness (QED) is 0.663. The lowest BCUT2D eigenvalue weighted by Crippen LogP contribution is -2.39. The number of halogens is 2. The van der Waals surface area contributed by atoms with Gasteiger partial charge in [-0.05, 0) is 54.4 Å². The van der Waals surface area contributed by atoms with Gasteiger partial charge in [0.2, 0.25) is 10.0 Å². The number of nitrogens with zero attached hydrogens (tertiary/aromatic N) is 1. The molecule has 0 aliphatic rings. The largest absolute Gasteiger partial charge is 0.393 e. The van der Waals surface area contributed by atoms with Gasteiger partial charge in [0.05, 0.1) is 9.88 Å². The number of thiocarbonyl (C=S) groups is 1. The monoisotopic (exact) mass is 456 g/mol. The maximum absolute atomic E-state index is 12.9. The molecule has 4 nitrogen and oxygen atoms in total. The predicted octanol–water partition coefficient (Wildman–Crippen LogP) is 3.60. The summed E-state index contributed by atoms with van der Waals surface area (Å²) in [4.78, 5) is 0.539. The van der Waals surface area contributed by atoms with Crippen molar-refractivity contribution in [1.82, 2.24) is 4.31 Å². The van der Waals surface area contributed by atoms with Crippen molar-refractivity contribution in [2.75, 3.05) is 6.54 Å². The van der Waals surface area contributed by atoms with E-state index in [1.54, 1.807) is 12.1 Å². The lowest BCUT2D eigenvalue weighted by atomic mass is 10.2. The van der Waals surface area contributed by atoms with Gasteiger partial charge in [-0.25, -0.2) is 8.42 Å². The summed E-state index contributed by atoms with van der Waals surface area (Å²) in [5, 5.41) is 0. The Morgan fingerprint density at radius 1 is 1.33 bits per heavy atom. The van der Waals surface area contributed by atoms with E-state index in [9.17, 15) is 8.42 Å². The molecular weight excluding hydrogens is 440 g/mol. The Kier molecular flexibility index (Phi) is 6.80. The molecule has 0 fully saturated rings. The first kappa shape index (κ1) is 19.0. The van der Waals surface area contributed by atoms with Crippen LogP contribution in [-0.2, 0) is 10.0 Å². The van der Waals surface area contributed by atoms with Gasteiger partial charge in [0.15, 0.2) is 0 Å². The normalized spacial score (nSPS) is 12.1. The van der Waals surface area contributed by atoms with E-state index in [2.05, 4.69) is 31.9 Å². The molecule has 21 heavy (non-hydrogen) atoms. The molecule has 0 radical (unpaired) electrons. The summed E-state index contributed by atoms with van der Waals surface area (Å²) in [6, 6.07) is 3.21. The van der Waals surface area contributed by atoms with Crippen molar-refractivity contribution in [2.24, 2.45) is 5.73 Å². The Morgan fingerprint density at radius 2 is 1.90 bits per heavy atom. The molecule has 0 saturated heterocycles. The van der Waals surface area contributed by atoms with Gasteiger partial charge < -0.3 is 5.73 Å². The van der Waals surface area contributed by atoms with Crippen LogP contribution >= 0.6 is 44.1 Å². The highest BCUT2D eigenvalue weighted by Crippen LogP contribution is 2.31. The zero-order valence-electron chi connectivity index (χ0n) is 12.1. The summed E-state index contributed by atoms with van der Waals surface area (Å²) < 4.78 is 28.4. The first-order valence-electron chi connectivity index (χ1n) is 6.33. The van der Waals surface area contributed by atoms with E-state index in [1.807, 2.05) is 20.8 Å². The van der Waals surface area contributed by atoms with Crippen LogP contribution in [0, 0.1) is 6.92 Å². The maximum atomic E-state index is 12.9. The molecule has 0 aliphatic carbocycles. The molecule has 0 aromatic heterocycles. The van der Waals surface area contributed by atoms with E-state index in [1.165, 1.54) is 4.31 Å². The van der Waals surface area contributed by atoms with Crippen molar-refractivity contribution in [1.29, 1.82) is 0 Å². The molecule has 0 atom stereocenters. The molecule has 0 unspecified atom stereocenters. The third-order valence-corrected chi connectivity index (χ3v) is 7.05. The summed E-state index contributed by atoms with van der Waals surface area (Å²) in [6.07, 6.45) is 0.359. The van der Waals surface area contributed by atoms with Gasteiger partial charge in [0.1, 0.15) is 0 Å². The van der Waals surface area contributed by atoms with Crippen molar-refractivity contribution in [2.45, 2.75) is 38.1 Å². The van der Waals surface area contributed by atoms with Crippen LogP contribution in [0.25, 0.3) is 0 Å². The van der Waals surface area contributed by atoms with E-state index in [-0.39, 0.29) is 17.5 Å². The lowest BCUT2D eigenvalue weighted by molar-refractivity contribution is 0.362. The number of aryl methyl sites for hydroxylation is 1. The second-order valence-electron chi connectivity index (χ2n) is 4.96. The zero-order valence-corrected chi connectivity index (χ0v) is 16.9. The van der Waals surface area contributed by atoms with Gasteiger partial charge in [0.25, 0.3) is 0 Å². The van der Waals surface area contributed by atoms with Gasteiger partial charge in [-0.15, -0.1) is 0 Å². The Morgan fingerprint density at radius 3 is 2.38 bits per heavy atom. The molecular formula is C13H18Br2N2O2S2. The Balaban J connectivity index is 3.29. The Labute approximate surface area is 148 Å². The number of hydrogen-bond acceptors (Lipinski definition) is 3. The summed E-state index contributed by atoms with van der Waals surface area (Å²) >= 11 is 11.6. The summed E-state index contributed by atoms with van der Waals surface area (Å²) in [7, 11) is -3.62. The van der Waals surface area contributed by atoms with Gasteiger partial charge in [0, 0.05) is 28.0 Å². The fraction of sp³-hybridized carbons (Fsp3) is 0.462. The molecule has 1 rings (SSSR count). The molecule has 0 saturated carbocycles. The minimum absolute atomic E-state index is 0.184. The van der Waals surface area contributed by atoms with Gasteiger partial charge >= 0.3 is 0 Å². The minimum Gasteiger partial charge on any atom is -0.393 e. The number of rotatable bonds is 6. The average Bonchev–Trinajstić information content (AvgIpc) is 2.32. The maximum Gasteiger partial charge on any atom is 0.244 e. The van der Waals surface area contributed by atoms with Gasteiger partial charge in [-0.3, -0.25) is 0 Å². The van der Waals surface area contributed by atoms with Crippen LogP contribution in [0.4, 0.5) is 0 Å². The number of hydrogen-bond donors (Lipinski definition) is 1. The van der Waals surface area contributed by atoms with Crippen LogP contribution in [0.3, 0.4) is 0 Å². The highest BCUT2D eigenvalue weighted by Gasteiger charge is 2.29. The van der Waals surface area contributed by atoms with E-state index < -0.39 is 10.0 Å². The lowest BCUT2D eigenvalue weighted by Gasteiger charge is -2.26.